The highest BCUT2D eigenvalue weighted by Gasteiger charge is 2.45. The fourth-order valence-corrected chi connectivity index (χ4v) is 3.25. The van der Waals surface area contributed by atoms with Crippen LogP contribution in [0.4, 0.5) is 4.39 Å². The SMILES string of the molecule is CN=C(NCCc1ccc(OC)cc1O)NCC1(c2ccccc2F)CC1. The highest BCUT2D eigenvalue weighted by molar-refractivity contribution is 5.79. The molecule has 2 aromatic carbocycles. The molecule has 1 aliphatic rings. The normalized spacial score (nSPS) is 15.3. The third-order valence-corrected chi connectivity index (χ3v) is 5.10. The molecule has 144 valence electrons. The second kappa shape index (κ2) is 8.29. The van der Waals surface area contributed by atoms with E-state index in [0.717, 1.165) is 24.0 Å². The number of benzene rings is 2. The molecule has 0 aliphatic heterocycles. The lowest BCUT2D eigenvalue weighted by Crippen LogP contribution is -2.42. The van der Waals surface area contributed by atoms with Crippen molar-refractivity contribution < 1.29 is 14.2 Å². The molecule has 0 saturated heterocycles. The number of nitrogens with one attached hydrogen (secondary N) is 2. The molecule has 5 nitrogen and oxygen atoms in total. The molecule has 2 aromatic rings. The van der Waals surface area contributed by atoms with Crippen molar-refractivity contribution in [3.05, 3.63) is 59.4 Å². The van der Waals surface area contributed by atoms with Gasteiger partial charge in [-0.1, -0.05) is 24.3 Å². The third-order valence-electron chi connectivity index (χ3n) is 5.10. The predicted molar refractivity (Wildman–Crippen MR) is 105 cm³/mol. The number of methoxy groups -OCH3 is 1. The summed E-state index contributed by atoms with van der Waals surface area (Å²) in [6, 6.07) is 12.3. The van der Waals surface area contributed by atoms with Crippen LogP contribution in [0.2, 0.25) is 0 Å². The van der Waals surface area contributed by atoms with Crippen molar-refractivity contribution in [2.75, 3.05) is 27.2 Å². The van der Waals surface area contributed by atoms with Crippen molar-refractivity contribution in [2.24, 2.45) is 4.99 Å². The van der Waals surface area contributed by atoms with Gasteiger partial charge in [0.25, 0.3) is 0 Å². The van der Waals surface area contributed by atoms with E-state index in [1.165, 1.54) is 6.07 Å². The first-order valence-corrected chi connectivity index (χ1v) is 9.13. The van der Waals surface area contributed by atoms with E-state index in [1.54, 1.807) is 26.3 Å². The molecule has 1 fully saturated rings. The number of halogens is 1. The van der Waals surface area contributed by atoms with Crippen LogP contribution in [0.3, 0.4) is 0 Å². The summed E-state index contributed by atoms with van der Waals surface area (Å²) in [4.78, 5) is 4.23. The fraction of sp³-hybridized carbons (Fsp3) is 0.381. The van der Waals surface area contributed by atoms with Crippen molar-refractivity contribution in [3.63, 3.8) is 0 Å². The molecule has 0 spiro atoms. The average Bonchev–Trinajstić information content (AvgIpc) is 3.46. The molecule has 0 atom stereocenters. The van der Waals surface area contributed by atoms with Crippen LogP contribution >= 0.6 is 0 Å². The lowest BCUT2D eigenvalue weighted by atomic mass is 9.95. The summed E-state index contributed by atoms with van der Waals surface area (Å²) in [7, 11) is 3.28. The second-order valence-corrected chi connectivity index (χ2v) is 6.86. The smallest absolute Gasteiger partial charge is 0.191 e. The Morgan fingerprint density at radius 2 is 2.00 bits per heavy atom. The molecule has 3 rings (SSSR count). The minimum atomic E-state index is -0.144. The summed E-state index contributed by atoms with van der Waals surface area (Å²) in [6.45, 7) is 1.26. The van der Waals surface area contributed by atoms with Crippen LogP contribution in [0.1, 0.15) is 24.0 Å². The average molecular weight is 371 g/mol. The van der Waals surface area contributed by atoms with Crippen LogP contribution in [-0.2, 0) is 11.8 Å². The van der Waals surface area contributed by atoms with E-state index in [4.69, 9.17) is 4.74 Å². The summed E-state index contributed by atoms with van der Waals surface area (Å²) in [5, 5.41) is 16.6. The first-order valence-electron chi connectivity index (χ1n) is 9.13. The molecule has 0 bridgehead atoms. The first-order chi connectivity index (χ1) is 13.1. The second-order valence-electron chi connectivity index (χ2n) is 6.86. The van der Waals surface area contributed by atoms with E-state index in [9.17, 15) is 9.50 Å². The lowest BCUT2D eigenvalue weighted by molar-refractivity contribution is 0.406. The van der Waals surface area contributed by atoms with E-state index in [2.05, 4.69) is 15.6 Å². The maximum absolute atomic E-state index is 14.1. The van der Waals surface area contributed by atoms with Gasteiger partial charge in [0.15, 0.2) is 5.96 Å². The van der Waals surface area contributed by atoms with E-state index in [-0.39, 0.29) is 17.0 Å². The number of aliphatic imine (C=N–C) groups is 1. The van der Waals surface area contributed by atoms with Crippen LogP contribution in [0, 0.1) is 5.82 Å². The van der Waals surface area contributed by atoms with Crippen LogP contribution in [0.5, 0.6) is 11.5 Å². The number of guanidine groups is 1. The summed E-state index contributed by atoms with van der Waals surface area (Å²) in [5.74, 6) is 1.38. The number of ether oxygens (including phenoxy) is 1. The maximum atomic E-state index is 14.1. The number of nitrogens with zero attached hydrogens (tertiary/aromatic N) is 1. The Labute approximate surface area is 159 Å². The van der Waals surface area contributed by atoms with Gasteiger partial charge in [0.1, 0.15) is 17.3 Å². The summed E-state index contributed by atoms with van der Waals surface area (Å²) < 4.78 is 19.2. The molecule has 1 saturated carbocycles. The minimum absolute atomic E-state index is 0.142. The highest BCUT2D eigenvalue weighted by atomic mass is 19.1. The van der Waals surface area contributed by atoms with E-state index < -0.39 is 0 Å². The van der Waals surface area contributed by atoms with Gasteiger partial charge in [0.2, 0.25) is 0 Å². The van der Waals surface area contributed by atoms with Crippen molar-refractivity contribution >= 4 is 5.96 Å². The quantitative estimate of drug-likeness (QED) is 0.517. The third kappa shape index (κ3) is 4.51. The molecule has 6 heteroatoms. The number of phenols is 1. The zero-order valence-corrected chi connectivity index (χ0v) is 15.8. The van der Waals surface area contributed by atoms with Crippen LogP contribution < -0.4 is 15.4 Å². The molecular weight excluding hydrogens is 345 g/mol. The van der Waals surface area contributed by atoms with Gasteiger partial charge in [-0.25, -0.2) is 4.39 Å². The van der Waals surface area contributed by atoms with Gasteiger partial charge in [-0.15, -0.1) is 0 Å². The number of phenolic OH excluding ortho intramolecular Hbond substituents is 1. The van der Waals surface area contributed by atoms with Crippen LogP contribution in [0.25, 0.3) is 0 Å². The predicted octanol–water partition coefficient (Wildman–Crippen LogP) is 2.98. The van der Waals surface area contributed by atoms with E-state index >= 15 is 0 Å². The Morgan fingerprint density at radius 3 is 2.63 bits per heavy atom. The molecule has 0 unspecified atom stereocenters. The fourth-order valence-electron chi connectivity index (χ4n) is 3.25. The van der Waals surface area contributed by atoms with Gasteiger partial charge in [-0.3, -0.25) is 4.99 Å². The van der Waals surface area contributed by atoms with Gasteiger partial charge in [-0.2, -0.15) is 0 Å². The molecule has 0 aromatic heterocycles. The van der Waals surface area contributed by atoms with Crippen molar-refractivity contribution in [2.45, 2.75) is 24.7 Å². The van der Waals surface area contributed by atoms with E-state index in [1.807, 2.05) is 24.3 Å². The Hall–Kier alpha value is -2.76. The summed E-state index contributed by atoms with van der Waals surface area (Å²) in [6.07, 6.45) is 2.59. The summed E-state index contributed by atoms with van der Waals surface area (Å²) >= 11 is 0. The Kier molecular flexibility index (Phi) is 5.84. The van der Waals surface area contributed by atoms with Crippen LogP contribution in [-0.4, -0.2) is 38.3 Å². The molecule has 0 heterocycles. The monoisotopic (exact) mass is 371 g/mol. The molecular formula is C21H26FN3O2. The number of hydrogen-bond acceptors (Lipinski definition) is 3. The summed E-state index contributed by atoms with van der Waals surface area (Å²) in [5.41, 5.74) is 1.47. The molecule has 1 aliphatic carbocycles. The van der Waals surface area contributed by atoms with Crippen molar-refractivity contribution in [1.82, 2.24) is 10.6 Å². The van der Waals surface area contributed by atoms with Crippen LogP contribution in [0.15, 0.2) is 47.5 Å². The van der Waals surface area contributed by atoms with Gasteiger partial charge >= 0.3 is 0 Å². The van der Waals surface area contributed by atoms with Gasteiger partial charge in [0.05, 0.1) is 7.11 Å². The molecule has 0 radical (unpaired) electrons. The zero-order chi connectivity index (χ0) is 19.3. The minimum Gasteiger partial charge on any atom is -0.508 e. The topological polar surface area (TPSA) is 65.9 Å². The zero-order valence-electron chi connectivity index (χ0n) is 15.8. The Balaban J connectivity index is 1.51. The van der Waals surface area contributed by atoms with Gasteiger partial charge < -0.3 is 20.5 Å². The van der Waals surface area contributed by atoms with Gasteiger partial charge in [-0.05, 0) is 42.5 Å². The highest BCUT2D eigenvalue weighted by Crippen LogP contribution is 2.48. The Bertz CT molecular complexity index is 819. The maximum Gasteiger partial charge on any atom is 0.191 e. The number of aromatic hydroxyl groups is 1. The number of rotatable bonds is 7. The first kappa shape index (κ1) is 19.0. The largest absolute Gasteiger partial charge is 0.508 e. The van der Waals surface area contributed by atoms with Crippen molar-refractivity contribution in [1.29, 1.82) is 0 Å². The number of hydrogen-bond donors (Lipinski definition) is 3. The standard InChI is InChI=1S/C21H26FN3O2/c1-23-20(24-12-9-15-7-8-16(27-2)13-19(15)26)25-14-21(10-11-21)17-5-3-4-6-18(17)22/h3-8,13,26H,9-12,14H2,1-2H3,(H2,23,24,25). The lowest BCUT2D eigenvalue weighted by Gasteiger charge is -2.19. The van der Waals surface area contributed by atoms with Gasteiger partial charge in [0, 0.05) is 31.6 Å². The molecule has 3 N–H and O–H groups in total. The molecule has 27 heavy (non-hydrogen) atoms. The molecule has 0 amide bonds. The Morgan fingerprint density at radius 1 is 1.22 bits per heavy atom. The van der Waals surface area contributed by atoms with E-state index in [0.29, 0.717) is 31.2 Å². The van der Waals surface area contributed by atoms with Crippen molar-refractivity contribution in [3.8, 4) is 11.5 Å².